The van der Waals surface area contributed by atoms with Crippen LogP contribution in [-0.4, -0.2) is 41.1 Å². The predicted octanol–water partition coefficient (Wildman–Crippen LogP) is 2.32. The highest BCUT2D eigenvalue weighted by Gasteiger charge is 2.29. The van der Waals surface area contributed by atoms with Crippen LogP contribution in [0.15, 0.2) is 0 Å². The maximum Gasteiger partial charge on any atom is 0.317 e. The van der Waals surface area contributed by atoms with Gasteiger partial charge in [-0.1, -0.05) is 26.7 Å². The minimum absolute atomic E-state index is 0.120. The molecule has 1 unspecified atom stereocenters. The summed E-state index contributed by atoms with van der Waals surface area (Å²) in [5, 5.41) is 12.0. The van der Waals surface area contributed by atoms with Crippen molar-refractivity contribution < 1.29 is 14.7 Å². The number of aliphatic carboxylic acids is 1. The van der Waals surface area contributed by atoms with E-state index in [2.05, 4.69) is 19.2 Å². The standard InChI is InChI=1S/C14H26N2O3/c1-4-11(5-2)10(3)15-14(19)16-8-6-7-12(9-16)13(17)18/h10-12H,4-9H2,1-3H3,(H,15,19)(H,17,18)/t10?,12-/m0/s1. The fraction of sp³-hybridized carbons (Fsp3) is 0.857. The molecule has 2 atom stereocenters. The first-order valence-corrected chi connectivity index (χ1v) is 7.27. The molecule has 1 rings (SSSR count). The van der Waals surface area contributed by atoms with E-state index in [9.17, 15) is 9.59 Å². The number of carbonyl (C=O) groups is 2. The zero-order chi connectivity index (χ0) is 14.4. The van der Waals surface area contributed by atoms with Crippen LogP contribution in [0.2, 0.25) is 0 Å². The Bertz CT molecular complexity index is 316. The molecule has 1 saturated heterocycles. The summed E-state index contributed by atoms with van der Waals surface area (Å²) in [5.41, 5.74) is 0. The lowest BCUT2D eigenvalue weighted by Gasteiger charge is -2.33. The van der Waals surface area contributed by atoms with Crippen LogP contribution in [0.1, 0.15) is 46.5 Å². The Hall–Kier alpha value is -1.26. The Kier molecular flexibility index (Phi) is 6.12. The van der Waals surface area contributed by atoms with E-state index in [4.69, 9.17) is 5.11 Å². The topological polar surface area (TPSA) is 69.6 Å². The Morgan fingerprint density at radius 2 is 2.00 bits per heavy atom. The number of carboxylic acid groups (broad SMARTS) is 1. The predicted molar refractivity (Wildman–Crippen MR) is 74.0 cm³/mol. The lowest BCUT2D eigenvalue weighted by molar-refractivity contribution is -0.143. The molecule has 1 aliphatic rings. The number of nitrogens with zero attached hydrogens (tertiary/aromatic N) is 1. The molecule has 1 fully saturated rings. The maximum atomic E-state index is 12.1. The lowest BCUT2D eigenvalue weighted by Crippen LogP contribution is -2.50. The summed E-state index contributed by atoms with van der Waals surface area (Å²) in [4.78, 5) is 24.8. The molecule has 110 valence electrons. The largest absolute Gasteiger partial charge is 0.481 e. The number of rotatable bonds is 5. The van der Waals surface area contributed by atoms with Crippen LogP contribution in [0, 0.1) is 11.8 Å². The molecule has 0 spiro atoms. The molecule has 0 saturated carbocycles. The third-order valence-corrected chi connectivity index (χ3v) is 4.16. The summed E-state index contributed by atoms with van der Waals surface area (Å²) >= 11 is 0. The van der Waals surface area contributed by atoms with Crippen LogP contribution >= 0.6 is 0 Å². The number of carbonyl (C=O) groups excluding carboxylic acids is 1. The number of carboxylic acids is 1. The zero-order valence-electron chi connectivity index (χ0n) is 12.2. The van der Waals surface area contributed by atoms with Gasteiger partial charge in [0.1, 0.15) is 0 Å². The first kappa shape index (κ1) is 15.8. The van der Waals surface area contributed by atoms with Crippen molar-refractivity contribution in [1.29, 1.82) is 0 Å². The molecule has 1 aliphatic heterocycles. The van der Waals surface area contributed by atoms with Gasteiger partial charge >= 0.3 is 12.0 Å². The van der Waals surface area contributed by atoms with Gasteiger partial charge < -0.3 is 15.3 Å². The highest BCUT2D eigenvalue weighted by molar-refractivity contribution is 5.76. The summed E-state index contributed by atoms with van der Waals surface area (Å²) in [6.07, 6.45) is 3.51. The normalized spacial score (nSPS) is 21.3. The third kappa shape index (κ3) is 4.40. The van der Waals surface area contributed by atoms with Crippen LogP contribution in [0.25, 0.3) is 0 Å². The molecule has 0 aromatic carbocycles. The summed E-state index contributed by atoms with van der Waals surface area (Å²) in [5.74, 6) is -0.738. The average Bonchev–Trinajstić information content (AvgIpc) is 2.40. The van der Waals surface area contributed by atoms with E-state index in [1.165, 1.54) is 0 Å². The van der Waals surface area contributed by atoms with E-state index in [1.807, 2.05) is 6.92 Å². The average molecular weight is 270 g/mol. The number of hydrogen-bond acceptors (Lipinski definition) is 2. The molecule has 2 N–H and O–H groups in total. The van der Waals surface area contributed by atoms with Crippen molar-refractivity contribution >= 4 is 12.0 Å². The number of hydrogen-bond donors (Lipinski definition) is 2. The molecule has 0 radical (unpaired) electrons. The van der Waals surface area contributed by atoms with Gasteiger partial charge in [-0.15, -0.1) is 0 Å². The highest BCUT2D eigenvalue weighted by atomic mass is 16.4. The van der Waals surface area contributed by atoms with E-state index in [0.717, 1.165) is 19.3 Å². The van der Waals surface area contributed by atoms with Gasteiger partial charge in [-0.05, 0) is 25.7 Å². The van der Waals surface area contributed by atoms with Gasteiger partial charge in [0.2, 0.25) is 0 Å². The molecule has 5 nitrogen and oxygen atoms in total. The van der Waals surface area contributed by atoms with Crippen molar-refractivity contribution in [3.8, 4) is 0 Å². The Balaban J connectivity index is 2.50. The van der Waals surface area contributed by atoms with E-state index >= 15 is 0 Å². The van der Waals surface area contributed by atoms with Crippen molar-refractivity contribution in [2.45, 2.75) is 52.5 Å². The van der Waals surface area contributed by atoms with Crippen molar-refractivity contribution in [2.24, 2.45) is 11.8 Å². The number of likely N-dealkylation sites (tertiary alicyclic amines) is 1. The van der Waals surface area contributed by atoms with Crippen LogP contribution in [0.5, 0.6) is 0 Å². The summed E-state index contributed by atoms with van der Waals surface area (Å²) in [6.45, 7) is 7.26. The molecule has 19 heavy (non-hydrogen) atoms. The van der Waals surface area contributed by atoms with Crippen LogP contribution in [-0.2, 0) is 4.79 Å². The molecule has 2 amide bonds. The number of piperidine rings is 1. The van der Waals surface area contributed by atoms with Gasteiger partial charge in [0.05, 0.1) is 5.92 Å². The molecular formula is C14H26N2O3. The summed E-state index contributed by atoms with van der Waals surface area (Å²) < 4.78 is 0. The van der Waals surface area contributed by atoms with Gasteiger partial charge in [-0.25, -0.2) is 4.79 Å². The van der Waals surface area contributed by atoms with Crippen LogP contribution in [0.4, 0.5) is 4.79 Å². The molecule has 5 heteroatoms. The van der Waals surface area contributed by atoms with Crippen molar-refractivity contribution in [3.05, 3.63) is 0 Å². The van der Waals surface area contributed by atoms with Gasteiger partial charge in [0.15, 0.2) is 0 Å². The molecule has 1 heterocycles. The van der Waals surface area contributed by atoms with Crippen molar-refractivity contribution in [3.63, 3.8) is 0 Å². The third-order valence-electron chi connectivity index (χ3n) is 4.16. The first-order valence-electron chi connectivity index (χ1n) is 7.27. The maximum absolute atomic E-state index is 12.1. The zero-order valence-corrected chi connectivity index (χ0v) is 12.2. The van der Waals surface area contributed by atoms with Gasteiger partial charge in [-0.2, -0.15) is 0 Å². The summed E-state index contributed by atoms with van der Waals surface area (Å²) in [6, 6.07) is 0.0121. The van der Waals surface area contributed by atoms with Crippen molar-refractivity contribution in [2.75, 3.05) is 13.1 Å². The quantitative estimate of drug-likeness (QED) is 0.805. The fourth-order valence-electron chi connectivity index (χ4n) is 2.76. The SMILES string of the molecule is CCC(CC)C(C)NC(=O)N1CCC[C@H](C(=O)O)C1. The van der Waals surface area contributed by atoms with Crippen molar-refractivity contribution in [1.82, 2.24) is 10.2 Å². The van der Waals surface area contributed by atoms with E-state index < -0.39 is 11.9 Å². The Labute approximate surface area is 115 Å². The lowest BCUT2D eigenvalue weighted by atomic mass is 9.95. The molecular weight excluding hydrogens is 244 g/mol. The highest BCUT2D eigenvalue weighted by Crippen LogP contribution is 2.18. The van der Waals surface area contributed by atoms with E-state index in [-0.39, 0.29) is 12.1 Å². The first-order chi connectivity index (χ1) is 8.99. The monoisotopic (exact) mass is 270 g/mol. The second-order valence-corrected chi connectivity index (χ2v) is 5.44. The van der Waals surface area contributed by atoms with E-state index in [1.54, 1.807) is 4.90 Å². The number of nitrogens with one attached hydrogen (secondary N) is 1. The second-order valence-electron chi connectivity index (χ2n) is 5.44. The summed E-state index contributed by atoms with van der Waals surface area (Å²) in [7, 11) is 0. The second kappa shape index (κ2) is 7.36. The number of amides is 2. The Morgan fingerprint density at radius 3 is 2.53 bits per heavy atom. The smallest absolute Gasteiger partial charge is 0.317 e. The molecule has 0 aromatic rings. The van der Waals surface area contributed by atoms with Gasteiger partial charge in [-0.3, -0.25) is 4.79 Å². The van der Waals surface area contributed by atoms with Gasteiger partial charge in [0.25, 0.3) is 0 Å². The number of urea groups is 1. The van der Waals surface area contributed by atoms with Gasteiger partial charge in [0, 0.05) is 19.1 Å². The van der Waals surface area contributed by atoms with Crippen LogP contribution < -0.4 is 5.32 Å². The molecule has 0 aromatic heterocycles. The minimum Gasteiger partial charge on any atom is -0.481 e. The van der Waals surface area contributed by atoms with Crippen LogP contribution in [0.3, 0.4) is 0 Å². The Morgan fingerprint density at radius 1 is 1.37 bits per heavy atom. The fourth-order valence-corrected chi connectivity index (χ4v) is 2.76. The molecule has 0 aliphatic carbocycles. The minimum atomic E-state index is -0.800. The van der Waals surface area contributed by atoms with E-state index in [0.29, 0.717) is 25.4 Å². The molecule has 0 bridgehead atoms.